The van der Waals surface area contributed by atoms with Crippen molar-refractivity contribution in [3.8, 4) is 6.01 Å². The van der Waals surface area contributed by atoms with Gasteiger partial charge in [0, 0.05) is 25.4 Å². The molecular formula is C21H29N3O3. The SMILES string of the molecule is O=C(CC1=CCCCC1)N1CC2(C[C@@H](CCOc3ncccn3)CCO2)C1. The fourth-order valence-corrected chi connectivity index (χ4v) is 4.47. The van der Waals surface area contributed by atoms with Crippen LogP contribution in [-0.4, -0.2) is 52.7 Å². The lowest BCUT2D eigenvalue weighted by Gasteiger charge is -2.53. The molecule has 1 aliphatic carbocycles. The predicted octanol–water partition coefficient (Wildman–Crippen LogP) is 3.14. The molecule has 0 N–H and O–H groups in total. The van der Waals surface area contributed by atoms with Crippen LogP contribution in [0.15, 0.2) is 30.1 Å². The van der Waals surface area contributed by atoms with Crippen LogP contribution >= 0.6 is 0 Å². The lowest BCUT2D eigenvalue weighted by Crippen LogP contribution is -2.66. The topological polar surface area (TPSA) is 64.6 Å². The molecule has 1 spiro atoms. The fourth-order valence-electron chi connectivity index (χ4n) is 4.47. The van der Waals surface area contributed by atoms with Gasteiger partial charge in [0.2, 0.25) is 5.91 Å². The molecule has 2 aliphatic heterocycles. The number of hydrogen-bond acceptors (Lipinski definition) is 5. The zero-order chi connectivity index (χ0) is 18.5. The van der Waals surface area contributed by atoms with Crippen molar-refractivity contribution in [3.63, 3.8) is 0 Å². The molecule has 146 valence electrons. The van der Waals surface area contributed by atoms with Crippen LogP contribution in [0.25, 0.3) is 0 Å². The standard InChI is InChI=1S/C21H29N3O3/c25-19(13-17-5-2-1-3-6-17)24-15-21(16-24)14-18(8-12-27-21)7-11-26-20-22-9-4-10-23-20/h4-5,9-10,18H,1-3,6-8,11-16H2/t18-/m0/s1. The van der Waals surface area contributed by atoms with Gasteiger partial charge in [0.05, 0.1) is 19.7 Å². The monoisotopic (exact) mass is 371 g/mol. The van der Waals surface area contributed by atoms with Crippen LogP contribution in [0, 0.1) is 5.92 Å². The van der Waals surface area contributed by atoms with Crippen LogP contribution in [0.2, 0.25) is 0 Å². The van der Waals surface area contributed by atoms with E-state index in [0.29, 0.717) is 25.0 Å². The Kier molecular flexibility index (Phi) is 5.72. The molecule has 1 aromatic heterocycles. The van der Waals surface area contributed by atoms with Crippen molar-refractivity contribution in [1.29, 1.82) is 0 Å². The van der Waals surface area contributed by atoms with Gasteiger partial charge in [-0.25, -0.2) is 9.97 Å². The molecule has 6 heteroatoms. The molecule has 1 atom stereocenters. The van der Waals surface area contributed by atoms with Gasteiger partial charge in [-0.2, -0.15) is 0 Å². The number of amides is 1. The molecule has 1 aromatic rings. The van der Waals surface area contributed by atoms with Crippen molar-refractivity contribution < 1.29 is 14.3 Å². The number of hydrogen-bond donors (Lipinski definition) is 0. The van der Waals surface area contributed by atoms with Crippen LogP contribution in [0.3, 0.4) is 0 Å². The molecule has 2 saturated heterocycles. The Morgan fingerprint density at radius 1 is 1.30 bits per heavy atom. The van der Waals surface area contributed by atoms with E-state index >= 15 is 0 Å². The number of aromatic nitrogens is 2. The summed E-state index contributed by atoms with van der Waals surface area (Å²) >= 11 is 0. The van der Waals surface area contributed by atoms with Gasteiger partial charge in [-0.05, 0) is 56.9 Å². The maximum absolute atomic E-state index is 12.5. The number of nitrogens with zero attached hydrogens (tertiary/aromatic N) is 3. The van der Waals surface area contributed by atoms with E-state index in [0.717, 1.165) is 51.8 Å². The zero-order valence-electron chi connectivity index (χ0n) is 15.9. The number of rotatable bonds is 6. The first-order valence-corrected chi connectivity index (χ1v) is 10.2. The van der Waals surface area contributed by atoms with Gasteiger partial charge in [-0.3, -0.25) is 4.79 Å². The summed E-state index contributed by atoms with van der Waals surface area (Å²) in [6.07, 6.45) is 14.0. The lowest BCUT2D eigenvalue weighted by atomic mass is 9.79. The smallest absolute Gasteiger partial charge is 0.316 e. The van der Waals surface area contributed by atoms with Crippen LogP contribution < -0.4 is 4.74 Å². The van der Waals surface area contributed by atoms with E-state index in [-0.39, 0.29) is 11.5 Å². The Bertz CT molecular complexity index is 671. The van der Waals surface area contributed by atoms with Gasteiger partial charge in [0.25, 0.3) is 0 Å². The zero-order valence-corrected chi connectivity index (χ0v) is 15.9. The van der Waals surface area contributed by atoms with Crippen molar-refractivity contribution in [1.82, 2.24) is 14.9 Å². The maximum atomic E-state index is 12.5. The van der Waals surface area contributed by atoms with Crippen LogP contribution in [0.1, 0.15) is 51.4 Å². The van der Waals surface area contributed by atoms with E-state index in [2.05, 4.69) is 16.0 Å². The molecule has 0 aromatic carbocycles. The third kappa shape index (κ3) is 4.67. The quantitative estimate of drug-likeness (QED) is 0.719. The average Bonchev–Trinajstić information content (AvgIpc) is 2.68. The summed E-state index contributed by atoms with van der Waals surface area (Å²) in [7, 11) is 0. The molecular weight excluding hydrogens is 342 g/mol. The Morgan fingerprint density at radius 2 is 2.15 bits per heavy atom. The molecule has 0 bridgehead atoms. The minimum Gasteiger partial charge on any atom is -0.463 e. The lowest BCUT2D eigenvalue weighted by molar-refractivity contribution is -0.188. The summed E-state index contributed by atoms with van der Waals surface area (Å²) in [5, 5.41) is 0. The third-order valence-corrected chi connectivity index (χ3v) is 5.97. The van der Waals surface area contributed by atoms with Crippen LogP contribution in [0.4, 0.5) is 0 Å². The molecule has 6 nitrogen and oxygen atoms in total. The molecule has 0 saturated carbocycles. The number of ether oxygens (including phenoxy) is 2. The van der Waals surface area contributed by atoms with Crippen molar-refractivity contribution in [2.45, 2.75) is 57.0 Å². The third-order valence-electron chi connectivity index (χ3n) is 5.97. The molecule has 27 heavy (non-hydrogen) atoms. The van der Waals surface area contributed by atoms with Gasteiger partial charge in [0.1, 0.15) is 5.60 Å². The van der Waals surface area contributed by atoms with Crippen molar-refractivity contribution >= 4 is 5.91 Å². The maximum Gasteiger partial charge on any atom is 0.316 e. The second-order valence-corrected chi connectivity index (χ2v) is 8.09. The molecule has 3 aliphatic rings. The van der Waals surface area contributed by atoms with Crippen molar-refractivity contribution in [3.05, 3.63) is 30.1 Å². The van der Waals surface area contributed by atoms with E-state index in [4.69, 9.17) is 9.47 Å². The molecule has 4 rings (SSSR count). The number of likely N-dealkylation sites (tertiary alicyclic amines) is 1. The Hall–Kier alpha value is -1.95. The van der Waals surface area contributed by atoms with E-state index < -0.39 is 0 Å². The van der Waals surface area contributed by atoms with E-state index in [1.165, 1.54) is 18.4 Å². The van der Waals surface area contributed by atoms with Gasteiger partial charge >= 0.3 is 6.01 Å². The first-order valence-electron chi connectivity index (χ1n) is 10.2. The van der Waals surface area contributed by atoms with Crippen LogP contribution in [0.5, 0.6) is 6.01 Å². The van der Waals surface area contributed by atoms with Gasteiger partial charge < -0.3 is 14.4 Å². The van der Waals surface area contributed by atoms with Gasteiger partial charge in [-0.1, -0.05) is 11.6 Å². The highest BCUT2D eigenvalue weighted by Gasteiger charge is 2.49. The predicted molar refractivity (Wildman–Crippen MR) is 101 cm³/mol. The normalized spacial score (nSPS) is 24.2. The summed E-state index contributed by atoms with van der Waals surface area (Å²) in [5.41, 5.74) is 1.21. The molecule has 2 fully saturated rings. The van der Waals surface area contributed by atoms with E-state index in [1.807, 2.05) is 4.90 Å². The second-order valence-electron chi connectivity index (χ2n) is 8.09. The largest absolute Gasteiger partial charge is 0.463 e. The second kappa shape index (κ2) is 8.38. The molecule has 0 unspecified atom stereocenters. The Morgan fingerprint density at radius 3 is 2.93 bits per heavy atom. The van der Waals surface area contributed by atoms with Gasteiger partial charge in [0.15, 0.2) is 0 Å². The fraction of sp³-hybridized carbons (Fsp3) is 0.667. The van der Waals surface area contributed by atoms with E-state index in [9.17, 15) is 4.79 Å². The summed E-state index contributed by atoms with van der Waals surface area (Å²) in [6.45, 7) is 2.90. The van der Waals surface area contributed by atoms with Crippen molar-refractivity contribution in [2.24, 2.45) is 5.92 Å². The number of allylic oxidation sites excluding steroid dienone is 1. The average molecular weight is 371 g/mol. The summed E-state index contributed by atoms with van der Waals surface area (Å²) in [4.78, 5) is 22.7. The highest BCUT2D eigenvalue weighted by Crippen LogP contribution is 2.38. The van der Waals surface area contributed by atoms with Gasteiger partial charge in [-0.15, -0.1) is 0 Å². The Labute approximate surface area is 161 Å². The molecule has 1 amide bonds. The minimum atomic E-state index is -0.122. The highest BCUT2D eigenvalue weighted by molar-refractivity contribution is 5.80. The summed E-state index contributed by atoms with van der Waals surface area (Å²) in [5.74, 6) is 0.838. The summed E-state index contributed by atoms with van der Waals surface area (Å²) in [6, 6.07) is 2.22. The molecule has 3 heterocycles. The minimum absolute atomic E-state index is 0.122. The highest BCUT2D eigenvalue weighted by atomic mass is 16.5. The van der Waals surface area contributed by atoms with Crippen molar-refractivity contribution in [2.75, 3.05) is 26.3 Å². The van der Waals surface area contributed by atoms with Crippen LogP contribution in [-0.2, 0) is 9.53 Å². The molecule has 0 radical (unpaired) electrons. The number of carbonyl (C=O) groups is 1. The Balaban J connectivity index is 1.21. The first-order chi connectivity index (χ1) is 13.2. The van der Waals surface area contributed by atoms with E-state index in [1.54, 1.807) is 18.5 Å². The summed E-state index contributed by atoms with van der Waals surface area (Å²) < 4.78 is 11.7. The number of carbonyl (C=O) groups excluding carboxylic acids is 1. The first kappa shape index (κ1) is 18.4.